The summed E-state index contributed by atoms with van der Waals surface area (Å²) >= 11 is 6.09. The Bertz CT molecular complexity index is 992. The second-order valence-electron chi connectivity index (χ2n) is 7.35. The minimum Gasteiger partial charge on any atom is -0.306 e. The van der Waals surface area contributed by atoms with Gasteiger partial charge in [-0.1, -0.05) is 47.5 Å². The summed E-state index contributed by atoms with van der Waals surface area (Å²) in [5.74, 6) is -0.0306. The molecule has 0 aliphatic carbocycles. The fourth-order valence-electron chi connectivity index (χ4n) is 4.14. The molecule has 0 spiro atoms. The molecule has 2 atom stereocenters. The van der Waals surface area contributed by atoms with E-state index in [1.54, 1.807) is 23.1 Å². The number of anilines is 1. The molecule has 4 rings (SSSR count). The van der Waals surface area contributed by atoms with Gasteiger partial charge in [0.15, 0.2) is 9.84 Å². The molecule has 142 valence electrons. The van der Waals surface area contributed by atoms with Gasteiger partial charge in [0.25, 0.3) is 0 Å². The van der Waals surface area contributed by atoms with E-state index < -0.39 is 9.84 Å². The van der Waals surface area contributed by atoms with E-state index in [1.165, 1.54) is 0 Å². The number of halogens is 1. The highest BCUT2D eigenvalue weighted by molar-refractivity contribution is 7.91. The van der Waals surface area contributed by atoms with Gasteiger partial charge in [0.2, 0.25) is 5.91 Å². The molecular weight excluding hydrogens is 384 g/mol. The van der Waals surface area contributed by atoms with Crippen molar-refractivity contribution in [2.24, 2.45) is 0 Å². The van der Waals surface area contributed by atoms with Crippen LogP contribution in [0.15, 0.2) is 48.5 Å². The molecule has 5 nitrogen and oxygen atoms in total. The Balaban J connectivity index is 1.68. The number of benzene rings is 2. The Morgan fingerprint density at radius 2 is 1.81 bits per heavy atom. The van der Waals surface area contributed by atoms with E-state index in [0.717, 1.165) is 11.1 Å². The van der Waals surface area contributed by atoms with Gasteiger partial charge in [-0.25, -0.2) is 8.42 Å². The number of amides is 1. The summed E-state index contributed by atoms with van der Waals surface area (Å²) in [5.41, 5.74) is 2.89. The number of sulfone groups is 1. The maximum Gasteiger partial charge on any atom is 0.241 e. The van der Waals surface area contributed by atoms with Crippen molar-refractivity contribution < 1.29 is 13.2 Å². The van der Waals surface area contributed by atoms with E-state index in [4.69, 9.17) is 11.6 Å². The van der Waals surface area contributed by atoms with Gasteiger partial charge < -0.3 is 4.90 Å². The van der Waals surface area contributed by atoms with Crippen LogP contribution in [-0.4, -0.2) is 49.4 Å². The first kappa shape index (κ1) is 18.5. The number of hydrogen-bond donors (Lipinski definition) is 0. The lowest BCUT2D eigenvalue weighted by Crippen LogP contribution is -2.61. The Hall–Kier alpha value is -1.89. The summed E-state index contributed by atoms with van der Waals surface area (Å²) in [6.07, 6.45) is 0. The van der Waals surface area contributed by atoms with Crippen molar-refractivity contribution >= 4 is 33.0 Å². The largest absolute Gasteiger partial charge is 0.306 e. The number of carbonyl (C=O) groups is 1. The van der Waals surface area contributed by atoms with E-state index in [-0.39, 0.29) is 36.0 Å². The first-order chi connectivity index (χ1) is 12.8. The number of aryl methyl sites for hydroxylation is 1. The quantitative estimate of drug-likeness (QED) is 0.789. The zero-order valence-electron chi connectivity index (χ0n) is 15.0. The predicted molar refractivity (Wildman–Crippen MR) is 107 cm³/mol. The normalized spacial score (nSPS) is 24.8. The minimum absolute atomic E-state index is 0.0137. The second kappa shape index (κ2) is 6.93. The third-order valence-corrected chi connectivity index (χ3v) is 7.19. The van der Waals surface area contributed by atoms with Crippen LogP contribution in [0.2, 0.25) is 5.02 Å². The summed E-state index contributed by atoms with van der Waals surface area (Å²) in [6.45, 7) is 2.78. The molecule has 0 saturated carbocycles. The van der Waals surface area contributed by atoms with Crippen molar-refractivity contribution in [3.8, 4) is 0 Å². The number of fused-ring (bicyclic) bond motifs is 1. The van der Waals surface area contributed by atoms with Gasteiger partial charge in [0.1, 0.15) is 0 Å². The molecule has 0 aromatic heterocycles. The standard InChI is InChI=1S/C20H21ClN2O3S/c1-14-4-2-5-15(8-14)10-22-11-20(24)23(17-7-3-6-16(21)9-17)19-13-27(25,26)12-18(19)22/h2-9,18-19H,10-13H2,1H3/t18-,19+/m0/s1. The zero-order chi connectivity index (χ0) is 19.2. The molecule has 2 aliphatic rings. The van der Waals surface area contributed by atoms with Crippen LogP contribution in [0.1, 0.15) is 11.1 Å². The molecule has 7 heteroatoms. The van der Waals surface area contributed by atoms with E-state index in [9.17, 15) is 13.2 Å². The van der Waals surface area contributed by atoms with Crippen molar-refractivity contribution in [1.82, 2.24) is 4.90 Å². The van der Waals surface area contributed by atoms with Gasteiger partial charge >= 0.3 is 0 Å². The summed E-state index contributed by atoms with van der Waals surface area (Å²) in [4.78, 5) is 16.6. The first-order valence-corrected chi connectivity index (χ1v) is 11.1. The van der Waals surface area contributed by atoms with Crippen molar-refractivity contribution in [2.75, 3.05) is 23.0 Å². The highest BCUT2D eigenvalue weighted by Gasteiger charge is 2.49. The lowest BCUT2D eigenvalue weighted by molar-refractivity contribution is -0.123. The molecule has 2 saturated heterocycles. The minimum atomic E-state index is -3.21. The summed E-state index contributed by atoms with van der Waals surface area (Å²) in [5, 5.41) is 0.528. The maximum absolute atomic E-state index is 13.0. The Morgan fingerprint density at radius 3 is 2.56 bits per heavy atom. The predicted octanol–water partition coefficient (Wildman–Crippen LogP) is 2.66. The Morgan fingerprint density at radius 1 is 1.07 bits per heavy atom. The van der Waals surface area contributed by atoms with Gasteiger partial charge in [-0.2, -0.15) is 0 Å². The lowest BCUT2D eigenvalue weighted by Gasteiger charge is -2.43. The summed E-state index contributed by atoms with van der Waals surface area (Å²) < 4.78 is 24.8. The van der Waals surface area contributed by atoms with Gasteiger partial charge in [-0.05, 0) is 30.7 Å². The van der Waals surface area contributed by atoms with Crippen LogP contribution in [0.4, 0.5) is 5.69 Å². The van der Waals surface area contributed by atoms with E-state index in [2.05, 4.69) is 6.07 Å². The van der Waals surface area contributed by atoms with Gasteiger partial charge in [0, 0.05) is 23.3 Å². The molecule has 0 N–H and O–H groups in total. The molecule has 0 radical (unpaired) electrons. The van der Waals surface area contributed by atoms with Crippen molar-refractivity contribution in [3.63, 3.8) is 0 Å². The van der Waals surface area contributed by atoms with Crippen LogP contribution in [0.5, 0.6) is 0 Å². The first-order valence-electron chi connectivity index (χ1n) is 8.90. The fourth-order valence-corrected chi connectivity index (χ4v) is 6.30. The van der Waals surface area contributed by atoms with Crippen molar-refractivity contribution in [3.05, 3.63) is 64.7 Å². The average Bonchev–Trinajstić information content (AvgIpc) is 2.90. The third-order valence-electron chi connectivity index (χ3n) is 5.26. The van der Waals surface area contributed by atoms with Crippen LogP contribution in [0, 0.1) is 6.92 Å². The molecule has 0 bridgehead atoms. The fraction of sp³-hybridized carbons (Fsp3) is 0.350. The van der Waals surface area contributed by atoms with Crippen molar-refractivity contribution in [2.45, 2.75) is 25.6 Å². The van der Waals surface area contributed by atoms with Crippen LogP contribution in [-0.2, 0) is 21.2 Å². The number of piperazine rings is 1. The molecule has 2 aromatic rings. The Kier molecular flexibility index (Phi) is 4.74. The summed E-state index contributed by atoms with van der Waals surface area (Å²) in [7, 11) is -3.21. The highest BCUT2D eigenvalue weighted by Crippen LogP contribution is 2.33. The highest BCUT2D eigenvalue weighted by atomic mass is 35.5. The SMILES string of the molecule is Cc1cccc(CN2CC(=O)N(c3cccc(Cl)c3)[C@@H]3CS(=O)(=O)C[C@@H]32)c1. The number of rotatable bonds is 3. The smallest absolute Gasteiger partial charge is 0.241 e. The van der Waals surface area contributed by atoms with Gasteiger partial charge in [0.05, 0.1) is 24.1 Å². The Labute approximate surface area is 164 Å². The molecule has 2 fully saturated rings. The molecule has 2 heterocycles. The van der Waals surface area contributed by atoms with Crippen LogP contribution < -0.4 is 4.90 Å². The maximum atomic E-state index is 13.0. The number of nitrogens with zero attached hydrogens (tertiary/aromatic N) is 2. The van der Waals surface area contributed by atoms with Gasteiger partial charge in [-0.15, -0.1) is 0 Å². The van der Waals surface area contributed by atoms with E-state index in [1.807, 2.05) is 36.1 Å². The van der Waals surface area contributed by atoms with Crippen molar-refractivity contribution in [1.29, 1.82) is 0 Å². The number of carbonyl (C=O) groups excluding carboxylic acids is 1. The molecule has 2 aliphatic heterocycles. The van der Waals surface area contributed by atoms with Gasteiger partial charge in [-0.3, -0.25) is 9.69 Å². The molecule has 0 unspecified atom stereocenters. The zero-order valence-corrected chi connectivity index (χ0v) is 16.6. The van der Waals surface area contributed by atoms with E-state index in [0.29, 0.717) is 17.3 Å². The van der Waals surface area contributed by atoms with Crippen LogP contribution >= 0.6 is 11.6 Å². The molecule has 2 aromatic carbocycles. The molecule has 27 heavy (non-hydrogen) atoms. The lowest BCUT2D eigenvalue weighted by atomic mass is 10.0. The molecule has 1 amide bonds. The second-order valence-corrected chi connectivity index (χ2v) is 9.94. The number of hydrogen-bond acceptors (Lipinski definition) is 4. The average molecular weight is 405 g/mol. The monoisotopic (exact) mass is 404 g/mol. The topological polar surface area (TPSA) is 57.7 Å². The van der Waals surface area contributed by atoms with E-state index >= 15 is 0 Å². The third kappa shape index (κ3) is 3.74. The molecular formula is C20H21ClN2O3S. The van der Waals surface area contributed by atoms with Crippen LogP contribution in [0.25, 0.3) is 0 Å². The summed E-state index contributed by atoms with van der Waals surface area (Å²) in [6, 6.07) is 14.5. The van der Waals surface area contributed by atoms with Crippen LogP contribution in [0.3, 0.4) is 0 Å².